The molecule has 0 aromatic heterocycles. The van der Waals surface area contributed by atoms with Crippen molar-refractivity contribution in [1.29, 1.82) is 0 Å². The van der Waals surface area contributed by atoms with E-state index in [0.717, 1.165) is 19.3 Å². The molecule has 1 saturated heterocycles. The Morgan fingerprint density at radius 1 is 1.43 bits per heavy atom. The molecule has 1 aliphatic heterocycles. The van der Waals surface area contributed by atoms with E-state index in [0.29, 0.717) is 23.0 Å². The van der Waals surface area contributed by atoms with Crippen LogP contribution in [-0.4, -0.2) is 40.0 Å². The Balaban J connectivity index is 2.27. The maximum Gasteiger partial charge on any atom is 0.271 e. The fraction of sp³-hybridized carbons (Fsp3) is 0.500. The lowest BCUT2D eigenvalue weighted by Crippen LogP contribution is -2.44. The summed E-state index contributed by atoms with van der Waals surface area (Å²) in [5.41, 5.74) is 0.198. The molecule has 1 N–H and O–H groups in total. The number of piperidine rings is 1. The minimum atomic E-state index is -0.511. The van der Waals surface area contributed by atoms with Gasteiger partial charge in [0.2, 0.25) is 0 Å². The van der Waals surface area contributed by atoms with E-state index < -0.39 is 4.92 Å². The van der Waals surface area contributed by atoms with Crippen LogP contribution in [0.3, 0.4) is 0 Å². The van der Waals surface area contributed by atoms with E-state index in [4.69, 9.17) is 5.11 Å². The summed E-state index contributed by atoms with van der Waals surface area (Å²) in [7, 11) is 0. The van der Waals surface area contributed by atoms with E-state index in [1.807, 2.05) is 0 Å². The molecule has 114 valence electrons. The molecule has 1 unspecified atom stereocenters. The third-order valence-electron chi connectivity index (χ3n) is 3.69. The molecule has 0 aliphatic carbocycles. The highest BCUT2D eigenvalue weighted by Crippen LogP contribution is 2.26. The molecule has 7 heteroatoms. The van der Waals surface area contributed by atoms with Gasteiger partial charge in [0, 0.05) is 41.4 Å². The number of rotatable bonds is 4. The van der Waals surface area contributed by atoms with Crippen LogP contribution < -0.4 is 0 Å². The number of nitrogens with zero attached hydrogens (tertiary/aromatic N) is 2. The quantitative estimate of drug-likeness (QED) is 0.663. The van der Waals surface area contributed by atoms with Gasteiger partial charge in [0.25, 0.3) is 11.6 Å². The van der Waals surface area contributed by atoms with Crippen molar-refractivity contribution >= 4 is 27.5 Å². The summed E-state index contributed by atoms with van der Waals surface area (Å²) in [6.07, 6.45) is 3.36. The van der Waals surface area contributed by atoms with Gasteiger partial charge < -0.3 is 10.0 Å². The predicted octanol–water partition coefficient (Wildman–Crippen LogP) is 2.73. The van der Waals surface area contributed by atoms with Gasteiger partial charge in [-0.15, -0.1) is 0 Å². The second-order valence-electron chi connectivity index (χ2n) is 5.12. The van der Waals surface area contributed by atoms with Gasteiger partial charge in [-0.2, -0.15) is 0 Å². The first-order valence-electron chi connectivity index (χ1n) is 6.89. The third kappa shape index (κ3) is 3.79. The normalized spacial score (nSPS) is 18.6. The highest BCUT2D eigenvalue weighted by Gasteiger charge is 2.28. The lowest BCUT2D eigenvalue weighted by atomic mass is 9.98. The Morgan fingerprint density at radius 2 is 2.19 bits per heavy atom. The van der Waals surface area contributed by atoms with Gasteiger partial charge in [-0.1, -0.05) is 15.9 Å². The van der Waals surface area contributed by atoms with Crippen LogP contribution in [0.25, 0.3) is 0 Å². The summed E-state index contributed by atoms with van der Waals surface area (Å²) in [6, 6.07) is 4.28. The smallest absolute Gasteiger partial charge is 0.271 e. The number of non-ortho nitro benzene ring substituents is 1. The highest BCUT2D eigenvalue weighted by atomic mass is 79.9. The molecule has 0 spiro atoms. The molecule has 0 bridgehead atoms. The van der Waals surface area contributed by atoms with Gasteiger partial charge in [0.1, 0.15) is 0 Å². The van der Waals surface area contributed by atoms with Crippen molar-refractivity contribution in [2.75, 3.05) is 13.2 Å². The lowest BCUT2D eigenvalue weighted by Gasteiger charge is -2.35. The molecule has 1 aromatic rings. The van der Waals surface area contributed by atoms with Crippen LogP contribution in [-0.2, 0) is 0 Å². The average Bonchev–Trinajstić information content (AvgIpc) is 2.47. The van der Waals surface area contributed by atoms with Crippen LogP contribution in [0.2, 0.25) is 0 Å². The fourth-order valence-electron chi connectivity index (χ4n) is 2.69. The van der Waals surface area contributed by atoms with Gasteiger partial charge >= 0.3 is 0 Å². The van der Waals surface area contributed by atoms with Crippen molar-refractivity contribution < 1.29 is 14.8 Å². The summed E-state index contributed by atoms with van der Waals surface area (Å²) in [4.78, 5) is 24.7. The van der Waals surface area contributed by atoms with Gasteiger partial charge in [0.15, 0.2) is 0 Å². The van der Waals surface area contributed by atoms with E-state index >= 15 is 0 Å². The predicted molar refractivity (Wildman–Crippen MR) is 81.2 cm³/mol. The van der Waals surface area contributed by atoms with Crippen molar-refractivity contribution in [3.8, 4) is 0 Å². The number of nitro groups is 1. The molecule has 0 saturated carbocycles. The van der Waals surface area contributed by atoms with Crippen molar-refractivity contribution in [2.45, 2.75) is 31.7 Å². The third-order valence-corrected chi connectivity index (χ3v) is 4.15. The van der Waals surface area contributed by atoms with Crippen molar-refractivity contribution in [1.82, 2.24) is 4.90 Å². The summed E-state index contributed by atoms with van der Waals surface area (Å²) >= 11 is 3.20. The number of halogens is 1. The Bertz CT molecular complexity index is 548. The largest absolute Gasteiger partial charge is 0.396 e. The maximum absolute atomic E-state index is 12.6. The topological polar surface area (TPSA) is 83.7 Å². The molecular weight excluding hydrogens is 340 g/mol. The number of aliphatic hydroxyl groups is 1. The van der Waals surface area contributed by atoms with Gasteiger partial charge in [-0.3, -0.25) is 14.9 Å². The van der Waals surface area contributed by atoms with E-state index in [9.17, 15) is 14.9 Å². The van der Waals surface area contributed by atoms with Gasteiger partial charge in [-0.25, -0.2) is 0 Å². The Hall–Kier alpha value is -1.47. The molecule has 1 fully saturated rings. The van der Waals surface area contributed by atoms with Crippen molar-refractivity contribution in [2.24, 2.45) is 0 Å². The number of amides is 1. The zero-order valence-electron chi connectivity index (χ0n) is 11.5. The number of carbonyl (C=O) groups is 1. The minimum absolute atomic E-state index is 0.00860. The molecule has 6 nitrogen and oxygen atoms in total. The fourth-order valence-corrected chi connectivity index (χ4v) is 3.17. The minimum Gasteiger partial charge on any atom is -0.396 e. The summed E-state index contributed by atoms with van der Waals surface area (Å²) in [5, 5.41) is 20.0. The zero-order valence-corrected chi connectivity index (χ0v) is 13.1. The Morgan fingerprint density at radius 3 is 2.86 bits per heavy atom. The Kier molecular flexibility index (Phi) is 5.30. The molecule has 0 radical (unpaired) electrons. The lowest BCUT2D eigenvalue weighted by molar-refractivity contribution is -0.385. The number of hydrogen-bond acceptors (Lipinski definition) is 4. The van der Waals surface area contributed by atoms with Gasteiger partial charge in [0.05, 0.1) is 4.92 Å². The molecule has 21 heavy (non-hydrogen) atoms. The van der Waals surface area contributed by atoms with Crippen molar-refractivity contribution in [3.63, 3.8) is 0 Å². The van der Waals surface area contributed by atoms with Crippen molar-refractivity contribution in [3.05, 3.63) is 38.3 Å². The molecule has 1 aromatic carbocycles. The first kappa shape index (κ1) is 15.9. The monoisotopic (exact) mass is 356 g/mol. The second kappa shape index (κ2) is 7.00. The van der Waals surface area contributed by atoms with Crippen LogP contribution in [0, 0.1) is 10.1 Å². The first-order valence-corrected chi connectivity index (χ1v) is 7.69. The second-order valence-corrected chi connectivity index (χ2v) is 6.03. The summed E-state index contributed by atoms with van der Waals surface area (Å²) in [6.45, 7) is 0.664. The summed E-state index contributed by atoms with van der Waals surface area (Å²) < 4.78 is 0.510. The highest BCUT2D eigenvalue weighted by molar-refractivity contribution is 9.10. The first-order chi connectivity index (χ1) is 10.0. The molecule has 1 amide bonds. The SMILES string of the molecule is O=C(c1cc(Br)cc([N+](=O)[O-])c1)N1CCCCC1CCO. The van der Waals surface area contributed by atoms with Crippen LogP contribution >= 0.6 is 15.9 Å². The molecule has 2 rings (SSSR count). The number of nitro benzene ring substituents is 1. The van der Waals surface area contributed by atoms with Crippen LogP contribution in [0.1, 0.15) is 36.0 Å². The van der Waals surface area contributed by atoms with E-state index in [1.54, 1.807) is 11.0 Å². The molecule has 1 aliphatic rings. The van der Waals surface area contributed by atoms with Crippen LogP contribution in [0.5, 0.6) is 0 Å². The number of aliphatic hydroxyl groups excluding tert-OH is 1. The summed E-state index contributed by atoms with van der Waals surface area (Å²) in [5.74, 6) is -0.211. The van der Waals surface area contributed by atoms with Crippen LogP contribution in [0.15, 0.2) is 22.7 Å². The van der Waals surface area contributed by atoms with E-state index in [2.05, 4.69) is 15.9 Å². The van der Waals surface area contributed by atoms with E-state index in [1.165, 1.54) is 12.1 Å². The Labute approximate surface area is 131 Å². The zero-order chi connectivity index (χ0) is 15.4. The molecule has 1 heterocycles. The standard InChI is InChI=1S/C14H17BrN2O4/c15-11-7-10(8-13(9-11)17(20)21)14(19)16-5-2-1-3-12(16)4-6-18/h7-9,12,18H,1-6H2. The maximum atomic E-state index is 12.6. The molecular formula is C14H17BrN2O4. The average molecular weight is 357 g/mol. The molecule has 1 atom stereocenters. The number of likely N-dealkylation sites (tertiary alicyclic amines) is 1. The van der Waals surface area contributed by atoms with Crippen LogP contribution in [0.4, 0.5) is 5.69 Å². The van der Waals surface area contributed by atoms with Gasteiger partial charge in [-0.05, 0) is 31.7 Å². The number of carbonyl (C=O) groups excluding carboxylic acids is 1. The van der Waals surface area contributed by atoms with E-state index in [-0.39, 0.29) is 24.2 Å². The number of benzene rings is 1. The number of hydrogen-bond donors (Lipinski definition) is 1.